The number of amides is 1. The standard InChI is InChI=1S/C20H18N4O2/c25-20(23-12-9-14(13-23)24-21-10-11-22-24)19-15-5-1-3-7-17(15)26-18-8-4-2-6-16(18)19/h1-8,10-11,14,19H,9,12-13H2/t14-/m0/s1. The van der Waals surface area contributed by atoms with Gasteiger partial charge in [-0.25, -0.2) is 0 Å². The van der Waals surface area contributed by atoms with E-state index in [4.69, 9.17) is 4.74 Å². The molecule has 0 aliphatic carbocycles. The normalized spacial score (nSPS) is 18.9. The van der Waals surface area contributed by atoms with Crippen LogP contribution >= 0.6 is 0 Å². The van der Waals surface area contributed by atoms with Gasteiger partial charge in [0, 0.05) is 24.2 Å². The second-order valence-electron chi connectivity index (χ2n) is 6.69. The quantitative estimate of drug-likeness (QED) is 0.716. The van der Waals surface area contributed by atoms with E-state index < -0.39 is 0 Å². The molecule has 2 aliphatic heterocycles. The van der Waals surface area contributed by atoms with Crippen molar-refractivity contribution in [1.29, 1.82) is 0 Å². The SMILES string of the molecule is O=C(C1c2ccccc2Oc2ccccc21)N1CC[C@H](n2nccn2)C1. The average Bonchev–Trinajstić information content (AvgIpc) is 3.37. The van der Waals surface area contributed by atoms with E-state index in [1.807, 2.05) is 53.4 Å². The first-order chi connectivity index (χ1) is 12.8. The fraction of sp³-hybridized carbons (Fsp3) is 0.250. The van der Waals surface area contributed by atoms with Gasteiger partial charge in [-0.05, 0) is 18.6 Å². The number of carbonyl (C=O) groups is 1. The number of para-hydroxylation sites is 2. The van der Waals surface area contributed by atoms with Crippen molar-refractivity contribution in [1.82, 2.24) is 19.9 Å². The van der Waals surface area contributed by atoms with Crippen LogP contribution in [0.2, 0.25) is 0 Å². The maximum absolute atomic E-state index is 13.5. The van der Waals surface area contributed by atoms with Gasteiger partial charge in [0.25, 0.3) is 0 Å². The molecule has 0 spiro atoms. The number of fused-ring (bicyclic) bond motifs is 2. The number of carbonyl (C=O) groups excluding carboxylic acids is 1. The molecular weight excluding hydrogens is 328 g/mol. The number of aromatic nitrogens is 3. The molecule has 3 aromatic rings. The van der Waals surface area contributed by atoms with Gasteiger partial charge in [0.15, 0.2) is 0 Å². The lowest BCUT2D eigenvalue weighted by Crippen LogP contribution is -2.35. The van der Waals surface area contributed by atoms with Crippen molar-refractivity contribution < 1.29 is 9.53 Å². The molecule has 0 unspecified atom stereocenters. The van der Waals surface area contributed by atoms with Crippen molar-refractivity contribution in [3.63, 3.8) is 0 Å². The van der Waals surface area contributed by atoms with Crippen molar-refractivity contribution in [2.45, 2.75) is 18.4 Å². The summed E-state index contributed by atoms with van der Waals surface area (Å²) in [6.07, 6.45) is 4.22. The summed E-state index contributed by atoms with van der Waals surface area (Å²) in [5.41, 5.74) is 1.86. The molecule has 0 saturated carbocycles. The molecule has 1 amide bonds. The van der Waals surface area contributed by atoms with Gasteiger partial charge in [0.1, 0.15) is 11.5 Å². The molecule has 1 fully saturated rings. The number of likely N-dealkylation sites (tertiary alicyclic amines) is 1. The molecule has 0 N–H and O–H groups in total. The van der Waals surface area contributed by atoms with Crippen LogP contribution in [0.5, 0.6) is 11.5 Å². The minimum Gasteiger partial charge on any atom is -0.457 e. The zero-order valence-electron chi connectivity index (χ0n) is 14.2. The first-order valence-corrected chi connectivity index (χ1v) is 8.81. The van der Waals surface area contributed by atoms with Crippen LogP contribution in [-0.4, -0.2) is 38.9 Å². The summed E-state index contributed by atoms with van der Waals surface area (Å²) in [5.74, 6) is 1.30. The van der Waals surface area contributed by atoms with Gasteiger partial charge in [0.2, 0.25) is 5.91 Å². The fourth-order valence-corrected chi connectivity index (χ4v) is 3.90. The Kier molecular flexibility index (Phi) is 3.48. The highest BCUT2D eigenvalue weighted by Crippen LogP contribution is 2.45. The largest absolute Gasteiger partial charge is 0.457 e. The number of nitrogens with zero attached hydrogens (tertiary/aromatic N) is 4. The van der Waals surface area contributed by atoms with Gasteiger partial charge in [-0.2, -0.15) is 15.0 Å². The predicted octanol–water partition coefficient (Wildman–Crippen LogP) is 2.99. The number of hydrogen-bond donors (Lipinski definition) is 0. The third kappa shape index (κ3) is 2.37. The van der Waals surface area contributed by atoms with Crippen molar-refractivity contribution in [3.8, 4) is 11.5 Å². The molecule has 3 heterocycles. The third-order valence-electron chi connectivity index (χ3n) is 5.17. The van der Waals surface area contributed by atoms with E-state index in [9.17, 15) is 4.79 Å². The minimum atomic E-state index is -0.333. The van der Waals surface area contributed by atoms with E-state index in [1.165, 1.54) is 0 Å². The maximum Gasteiger partial charge on any atom is 0.234 e. The highest BCUT2D eigenvalue weighted by atomic mass is 16.5. The first-order valence-electron chi connectivity index (χ1n) is 8.81. The van der Waals surface area contributed by atoms with Crippen LogP contribution in [-0.2, 0) is 4.79 Å². The van der Waals surface area contributed by atoms with Crippen LogP contribution < -0.4 is 4.74 Å². The van der Waals surface area contributed by atoms with Crippen LogP contribution in [0.3, 0.4) is 0 Å². The van der Waals surface area contributed by atoms with Crippen molar-refractivity contribution in [3.05, 3.63) is 72.1 Å². The van der Waals surface area contributed by atoms with Crippen LogP contribution in [0.4, 0.5) is 0 Å². The fourth-order valence-electron chi connectivity index (χ4n) is 3.90. The Morgan fingerprint density at radius 2 is 1.58 bits per heavy atom. The van der Waals surface area contributed by atoms with Crippen LogP contribution in [0.1, 0.15) is 29.5 Å². The van der Waals surface area contributed by atoms with Crippen LogP contribution in [0.15, 0.2) is 60.9 Å². The molecule has 0 radical (unpaired) electrons. The Morgan fingerprint density at radius 3 is 2.23 bits per heavy atom. The molecule has 6 nitrogen and oxygen atoms in total. The molecule has 2 aromatic carbocycles. The van der Waals surface area contributed by atoms with Gasteiger partial charge in [-0.1, -0.05) is 36.4 Å². The lowest BCUT2D eigenvalue weighted by Gasteiger charge is -2.30. The first kappa shape index (κ1) is 15.1. The van der Waals surface area contributed by atoms with E-state index in [1.54, 1.807) is 17.2 Å². The van der Waals surface area contributed by atoms with Gasteiger partial charge in [-0.3, -0.25) is 4.79 Å². The lowest BCUT2D eigenvalue weighted by molar-refractivity contribution is -0.131. The Labute approximate surface area is 151 Å². The highest BCUT2D eigenvalue weighted by molar-refractivity contribution is 5.90. The van der Waals surface area contributed by atoms with Gasteiger partial charge < -0.3 is 9.64 Å². The van der Waals surface area contributed by atoms with Gasteiger partial charge >= 0.3 is 0 Å². The van der Waals surface area contributed by atoms with Crippen molar-refractivity contribution >= 4 is 5.91 Å². The smallest absolute Gasteiger partial charge is 0.234 e. The van der Waals surface area contributed by atoms with Gasteiger partial charge in [0.05, 0.1) is 24.4 Å². The molecular formula is C20H18N4O2. The topological polar surface area (TPSA) is 60.2 Å². The summed E-state index contributed by atoms with van der Waals surface area (Å²) in [7, 11) is 0. The molecule has 130 valence electrons. The second kappa shape index (κ2) is 5.98. The third-order valence-corrected chi connectivity index (χ3v) is 5.17. The number of benzene rings is 2. The van der Waals surface area contributed by atoms with E-state index in [-0.39, 0.29) is 17.9 Å². The Morgan fingerprint density at radius 1 is 0.962 bits per heavy atom. The molecule has 6 heteroatoms. The second-order valence-corrected chi connectivity index (χ2v) is 6.69. The average molecular weight is 346 g/mol. The molecule has 5 rings (SSSR count). The summed E-state index contributed by atoms with van der Waals surface area (Å²) in [4.78, 5) is 17.1. The van der Waals surface area contributed by atoms with E-state index >= 15 is 0 Å². The van der Waals surface area contributed by atoms with Crippen LogP contribution in [0, 0.1) is 0 Å². The monoisotopic (exact) mass is 346 g/mol. The number of rotatable bonds is 2. The molecule has 2 aliphatic rings. The lowest BCUT2D eigenvalue weighted by atomic mass is 9.87. The van der Waals surface area contributed by atoms with E-state index in [0.717, 1.165) is 29.0 Å². The Bertz CT molecular complexity index is 908. The molecule has 1 aromatic heterocycles. The predicted molar refractivity (Wildman–Crippen MR) is 95.1 cm³/mol. The Balaban J connectivity index is 1.49. The van der Waals surface area contributed by atoms with Crippen molar-refractivity contribution in [2.75, 3.05) is 13.1 Å². The van der Waals surface area contributed by atoms with E-state index in [2.05, 4.69) is 10.2 Å². The molecule has 1 saturated heterocycles. The number of hydrogen-bond acceptors (Lipinski definition) is 4. The zero-order valence-corrected chi connectivity index (χ0v) is 14.2. The Hall–Kier alpha value is -3.15. The summed E-state index contributed by atoms with van der Waals surface area (Å²) in [6.45, 7) is 1.35. The van der Waals surface area contributed by atoms with Gasteiger partial charge in [-0.15, -0.1) is 0 Å². The molecule has 1 atom stereocenters. The molecule has 26 heavy (non-hydrogen) atoms. The number of ether oxygens (including phenoxy) is 1. The maximum atomic E-state index is 13.5. The van der Waals surface area contributed by atoms with Crippen LogP contribution in [0.25, 0.3) is 0 Å². The van der Waals surface area contributed by atoms with Crippen molar-refractivity contribution in [2.24, 2.45) is 0 Å². The minimum absolute atomic E-state index is 0.114. The summed E-state index contributed by atoms with van der Waals surface area (Å²) in [6, 6.07) is 15.7. The summed E-state index contributed by atoms with van der Waals surface area (Å²) in [5, 5.41) is 8.45. The van der Waals surface area contributed by atoms with E-state index in [0.29, 0.717) is 13.1 Å². The summed E-state index contributed by atoms with van der Waals surface area (Å²) >= 11 is 0. The molecule has 0 bridgehead atoms. The zero-order chi connectivity index (χ0) is 17.5. The highest BCUT2D eigenvalue weighted by Gasteiger charge is 2.38. The summed E-state index contributed by atoms with van der Waals surface area (Å²) < 4.78 is 6.01.